The quantitative estimate of drug-likeness (QED) is 0.842. The summed E-state index contributed by atoms with van der Waals surface area (Å²) < 4.78 is 5.62. The van der Waals surface area contributed by atoms with E-state index in [0.717, 1.165) is 0 Å². The summed E-state index contributed by atoms with van der Waals surface area (Å²) in [5, 5.41) is 0. The first kappa shape index (κ1) is 15.5. The van der Waals surface area contributed by atoms with Crippen LogP contribution >= 0.6 is 0 Å². The van der Waals surface area contributed by atoms with Crippen molar-refractivity contribution in [2.45, 2.75) is 33.3 Å². The van der Waals surface area contributed by atoms with E-state index < -0.39 is 6.10 Å². The molecule has 0 bridgehead atoms. The van der Waals surface area contributed by atoms with Gasteiger partial charge >= 0.3 is 0 Å². The number of nitrogens with zero attached hydrogens (tertiary/aromatic N) is 1. The number of hydrogen-bond donors (Lipinski definition) is 1. The minimum Gasteiger partial charge on any atom is -0.479 e. The monoisotopic (exact) mass is 290 g/mol. The number of Topliss-reactive ketones (excluding diaryl/α,β-unsaturated/α-hetero) is 1. The van der Waals surface area contributed by atoms with Crippen molar-refractivity contribution in [2.75, 3.05) is 18.0 Å². The highest BCUT2D eigenvalue weighted by Crippen LogP contribution is 2.35. The standard InChI is InChI=1S/C16H22N2O3/c1-10(2)9-18-13-8-12(14(19)6-7-17)4-5-15(13)21-11(3)16(18)20/h4-5,8,10-11H,6-7,9,17H2,1-3H3. The highest BCUT2D eigenvalue weighted by Gasteiger charge is 2.32. The van der Waals surface area contributed by atoms with Crippen LogP contribution in [0.1, 0.15) is 37.6 Å². The van der Waals surface area contributed by atoms with E-state index in [4.69, 9.17) is 10.5 Å². The van der Waals surface area contributed by atoms with Crippen molar-refractivity contribution >= 4 is 17.4 Å². The van der Waals surface area contributed by atoms with Crippen LogP contribution < -0.4 is 15.4 Å². The topological polar surface area (TPSA) is 72.6 Å². The molecule has 2 rings (SSSR count). The average molecular weight is 290 g/mol. The van der Waals surface area contributed by atoms with Crippen LogP contribution in [0, 0.1) is 5.92 Å². The van der Waals surface area contributed by atoms with Crippen LogP contribution in [0.25, 0.3) is 0 Å². The molecule has 0 radical (unpaired) electrons. The largest absolute Gasteiger partial charge is 0.479 e. The fraction of sp³-hybridized carbons (Fsp3) is 0.500. The van der Waals surface area contributed by atoms with Crippen molar-refractivity contribution in [3.05, 3.63) is 23.8 Å². The van der Waals surface area contributed by atoms with Crippen LogP contribution in [0.3, 0.4) is 0 Å². The summed E-state index contributed by atoms with van der Waals surface area (Å²) in [5.41, 5.74) is 6.67. The fourth-order valence-electron chi connectivity index (χ4n) is 2.41. The van der Waals surface area contributed by atoms with Crippen LogP contribution in [-0.4, -0.2) is 30.9 Å². The first-order valence-corrected chi connectivity index (χ1v) is 7.29. The van der Waals surface area contributed by atoms with Crippen LogP contribution in [0.4, 0.5) is 5.69 Å². The number of fused-ring (bicyclic) bond motifs is 1. The first-order chi connectivity index (χ1) is 9.93. The van der Waals surface area contributed by atoms with Crippen molar-refractivity contribution in [3.63, 3.8) is 0 Å². The number of benzene rings is 1. The minimum absolute atomic E-state index is 0.0177. The Morgan fingerprint density at radius 3 is 2.76 bits per heavy atom. The van der Waals surface area contributed by atoms with E-state index in [0.29, 0.717) is 42.4 Å². The lowest BCUT2D eigenvalue weighted by Gasteiger charge is -2.34. The molecule has 0 saturated heterocycles. The summed E-state index contributed by atoms with van der Waals surface area (Å²) in [7, 11) is 0. The van der Waals surface area contributed by atoms with Gasteiger partial charge in [-0.1, -0.05) is 13.8 Å². The van der Waals surface area contributed by atoms with E-state index >= 15 is 0 Å². The summed E-state index contributed by atoms with van der Waals surface area (Å²) in [6.07, 6.45) is -0.199. The Morgan fingerprint density at radius 1 is 1.43 bits per heavy atom. The number of nitrogens with two attached hydrogens (primary N) is 1. The zero-order chi connectivity index (χ0) is 15.6. The molecular weight excluding hydrogens is 268 g/mol. The molecule has 1 aliphatic rings. The van der Waals surface area contributed by atoms with Crippen molar-refractivity contribution in [3.8, 4) is 5.75 Å². The molecule has 114 valence electrons. The number of anilines is 1. The number of carbonyl (C=O) groups is 2. The number of amides is 1. The second-order valence-corrected chi connectivity index (χ2v) is 5.75. The van der Waals surface area contributed by atoms with Gasteiger partial charge in [-0.2, -0.15) is 0 Å². The first-order valence-electron chi connectivity index (χ1n) is 7.29. The van der Waals surface area contributed by atoms with E-state index in [2.05, 4.69) is 13.8 Å². The Morgan fingerprint density at radius 2 is 2.14 bits per heavy atom. The molecule has 2 N–H and O–H groups in total. The zero-order valence-corrected chi connectivity index (χ0v) is 12.8. The van der Waals surface area contributed by atoms with Gasteiger partial charge < -0.3 is 15.4 Å². The maximum Gasteiger partial charge on any atom is 0.267 e. The molecule has 0 saturated carbocycles. The van der Waals surface area contributed by atoms with Crippen molar-refractivity contribution < 1.29 is 14.3 Å². The average Bonchev–Trinajstić information content (AvgIpc) is 2.43. The van der Waals surface area contributed by atoms with Crippen LogP contribution in [0.15, 0.2) is 18.2 Å². The predicted octanol–water partition coefficient (Wildman–Crippen LogP) is 1.99. The molecule has 1 unspecified atom stereocenters. The molecule has 0 aromatic heterocycles. The van der Waals surface area contributed by atoms with Gasteiger partial charge in [0.05, 0.1) is 5.69 Å². The van der Waals surface area contributed by atoms with E-state index in [1.807, 2.05) is 0 Å². The van der Waals surface area contributed by atoms with Crippen LogP contribution in [0.2, 0.25) is 0 Å². The Labute approximate surface area is 125 Å². The summed E-state index contributed by atoms with van der Waals surface area (Å²) >= 11 is 0. The molecule has 21 heavy (non-hydrogen) atoms. The van der Waals surface area contributed by atoms with Crippen molar-refractivity contribution in [2.24, 2.45) is 11.7 Å². The van der Waals surface area contributed by atoms with Crippen molar-refractivity contribution in [1.82, 2.24) is 0 Å². The van der Waals surface area contributed by atoms with Gasteiger partial charge in [-0.25, -0.2) is 0 Å². The Balaban J connectivity index is 2.40. The van der Waals surface area contributed by atoms with Gasteiger partial charge in [0.2, 0.25) is 0 Å². The number of rotatable bonds is 5. The highest BCUT2D eigenvalue weighted by molar-refractivity contribution is 6.03. The second kappa shape index (κ2) is 6.26. The lowest BCUT2D eigenvalue weighted by molar-refractivity contribution is -0.125. The number of ether oxygens (including phenoxy) is 1. The van der Waals surface area contributed by atoms with E-state index in [1.54, 1.807) is 30.0 Å². The Bertz CT molecular complexity index is 554. The SMILES string of the molecule is CC(C)CN1C(=O)C(C)Oc2ccc(C(=O)CCN)cc21. The van der Waals surface area contributed by atoms with Gasteiger partial charge in [0, 0.05) is 18.5 Å². The molecule has 1 aliphatic heterocycles. The van der Waals surface area contributed by atoms with Gasteiger partial charge in [0.15, 0.2) is 11.9 Å². The molecule has 0 aliphatic carbocycles. The summed E-state index contributed by atoms with van der Waals surface area (Å²) in [4.78, 5) is 26.0. The van der Waals surface area contributed by atoms with Gasteiger partial charge in [-0.15, -0.1) is 0 Å². The molecule has 1 aromatic rings. The van der Waals surface area contributed by atoms with Gasteiger partial charge in [-0.3, -0.25) is 9.59 Å². The predicted molar refractivity (Wildman–Crippen MR) is 81.7 cm³/mol. The van der Waals surface area contributed by atoms with Crippen LogP contribution in [0.5, 0.6) is 5.75 Å². The smallest absolute Gasteiger partial charge is 0.267 e. The van der Waals surface area contributed by atoms with Gasteiger partial charge in [0.1, 0.15) is 5.75 Å². The molecular formula is C16H22N2O3. The maximum absolute atomic E-state index is 12.3. The van der Waals surface area contributed by atoms with Gasteiger partial charge in [-0.05, 0) is 37.6 Å². The van der Waals surface area contributed by atoms with Gasteiger partial charge in [0.25, 0.3) is 5.91 Å². The third kappa shape index (κ3) is 3.24. The molecule has 5 heteroatoms. The Hall–Kier alpha value is -1.88. The third-order valence-electron chi connectivity index (χ3n) is 3.41. The molecule has 1 atom stereocenters. The summed E-state index contributed by atoms with van der Waals surface area (Å²) in [6.45, 7) is 6.77. The van der Waals surface area contributed by atoms with E-state index in [-0.39, 0.29) is 11.7 Å². The third-order valence-corrected chi connectivity index (χ3v) is 3.41. The molecule has 5 nitrogen and oxygen atoms in total. The fourth-order valence-corrected chi connectivity index (χ4v) is 2.41. The molecule has 0 fully saturated rings. The Kier molecular flexibility index (Phi) is 4.63. The molecule has 0 spiro atoms. The molecule has 1 amide bonds. The normalized spacial score (nSPS) is 17.7. The summed E-state index contributed by atoms with van der Waals surface area (Å²) in [5.74, 6) is 0.887. The van der Waals surface area contributed by atoms with E-state index in [9.17, 15) is 9.59 Å². The minimum atomic E-state index is -0.498. The number of carbonyl (C=O) groups excluding carboxylic acids is 2. The number of ketones is 1. The summed E-state index contributed by atoms with van der Waals surface area (Å²) in [6, 6.07) is 5.22. The lowest BCUT2D eigenvalue weighted by atomic mass is 10.0. The van der Waals surface area contributed by atoms with Crippen LogP contribution in [-0.2, 0) is 4.79 Å². The number of hydrogen-bond acceptors (Lipinski definition) is 4. The van der Waals surface area contributed by atoms with E-state index in [1.165, 1.54) is 0 Å². The molecule has 1 aromatic carbocycles. The molecule has 1 heterocycles. The second-order valence-electron chi connectivity index (χ2n) is 5.75. The maximum atomic E-state index is 12.3. The zero-order valence-electron chi connectivity index (χ0n) is 12.8. The lowest BCUT2D eigenvalue weighted by Crippen LogP contribution is -2.46. The van der Waals surface area contributed by atoms with Crippen molar-refractivity contribution in [1.29, 1.82) is 0 Å². The highest BCUT2D eigenvalue weighted by atomic mass is 16.5.